The molecule has 0 aromatic heterocycles. The predicted molar refractivity (Wildman–Crippen MR) is 80.7 cm³/mol. The number of carboxylic acid groups (broad SMARTS) is 1. The largest absolute Gasteiger partial charge is 0.480 e. The van der Waals surface area contributed by atoms with E-state index in [4.69, 9.17) is 21.1 Å². The van der Waals surface area contributed by atoms with Crippen LogP contribution in [0, 0.1) is 0 Å². The molecule has 13 heteroatoms. The molecule has 0 aliphatic carbocycles. The third-order valence-electron chi connectivity index (χ3n) is 2.66. The Balaban J connectivity index is 4.00. The van der Waals surface area contributed by atoms with Crippen LogP contribution in [0.25, 0.3) is 0 Å². The maximum atomic E-state index is 11.4. The maximum absolute atomic E-state index is 11.4. The number of nitrogens with one attached hydrogen (secondary N) is 4. The lowest BCUT2D eigenvalue weighted by Gasteiger charge is -2.12. The maximum Gasteiger partial charge on any atom is 0.328 e. The van der Waals surface area contributed by atoms with E-state index in [1.165, 1.54) is 0 Å². The van der Waals surface area contributed by atoms with Crippen LogP contribution in [0.5, 0.6) is 0 Å². The van der Waals surface area contributed by atoms with Crippen molar-refractivity contribution in [1.29, 1.82) is 0 Å². The average Bonchev–Trinajstić information content (AvgIpc) is 2.59. The fourth-order valence-corrected chi connectivity index (χ4v) is 1.29. The van der Waals surface area contributed by atoms with E-state index in [2.05, 4.69) is 16.0 Å². The summed E-state index contributed by atoms with van der Waals surface area (Å²) >= 11 is 0. The molecule has 0 aliphatic heterocycles. The highest BCUT2D eigenvalue weighted by Crippen LogP contribution is 1.82. The van der Waals surface area contributed by atoms with Crippen molar-refractivity contribution >= 4 is 29.6 Å². The van der Waals surface area contributed by atoms with Gasteiger partial charge in [-0.05, 0) is 0 Å². The summed E-state index contributed by atoms with van der Waals surface area (Å²) < 4.78 is 0. The Labute approximate surface area is 141 Å². The van der Waals surface area contributed by atoms with Crippen LogP contribution in [-0.4, -0.2) is 89.8 Å². The lowest BCUT2D eigenvalue weighted by Crippen LogP contribution is -2.49. The van der Waals surface area contributed by atoms with Crippen molar-refractivity contribution in [3.05, 3.63) is 0 Å². The number of carbonyl (C=O) groups is 5. The van der Waals surface area contributed by atoms with Gasteiger partial charge >= 0.3 is 5.97 Å². The number of amides is 4. The fourth-order valence-electron chi connectivity index (χ4n) is 1.29. The third-order valence-corrected chi connectivity index (χ3v) is 2.66. The van der Waals surface area contributed by atoms with Gasteiger partial charge in [0.15, 0.2) is 0 Å². The summed E-state index contributed by atoms with van der Waals surface area (Å²) in [6, 6.07) is -2.65. The second-order valence-corrected chi connectivity index (χ2v) is 4.70. The molecule has 4 amide bonds. The van der Waals surface area contributed by atoms with Crippen molar-refractivity contribution in [2.24, 2.45) is 5.73 Å². The molecular weight excluding hydrogens is 342 g/mol. The molecule has 2 atom stereocenters. The first-order valence-electron chi connectivity index (χ1n) is 7.01. The van der Waals surface area contributed by atoms with Crippen LogP contribution >= 0.6 is 0 Å². The van der Waals surface area contributed by atoms with Gasteiger partial charge in [-0.1, -0.05) is 0 Å². The normalized spacial score (nSPS) is 12.4. The number of nitrogens with two attached hydrogens (primary N) is 1. The first kappa shape index (κ1) is 22.2. The lowest BCUT2D eigenvalue weighted by molar-refractivity contribution is -0.142. The highest BCUT2D eigenvalue weighted by molar-refractivity contribution is 5.91. The second kappa shape index (κ2) is 11.7. The number of hydrogen-bond donors (Lipinski definition) is 8. The monoisotopic (exact) mass is 363 g/mol. The molecule has 0 aromatic carbocycles. The van der Waals surface area contributed by atoms with Gasteiger partial charge < -0.3 is 42.3 Å². The number of rotatable bonds is 11. The van der Waals surface area contributed by atoms with Gasteiger partial charge in [0.05, 0.1) is 32.8 Å². The number of carbonyl (C=O) groups excluding carboxylic acids is 4. The van der Waals surface area contributed by atoms with Crippen LogP contribution in [-0.2, 0) is 24.0 Å². The Bertz CT molecular complexity index is 512. The number of aliphatic hydroxyl groups is 2. The zero-order valence-corrected chi connectivity index (χ0v) is 13.2. The summed E-state index contributed by atoms with van der Waals surface area (Å²) in [5.41, 5.74) is 5.21. The van der Waals surface area contributed by atoms with Crippen LogP contribution < -0.4 is 27.0 Å². The highest BCUT2D eigenvalue weighted by atomic mass is 16.4. The van der Waals surface area contributed by atoms with Crippen molar-refractivity contribution in [2.45, 2.75) is 12.1 Å². The van der Waals surface area contributed by atoms with Crippen molar-refractivity contribution in [3.63, 3.8) is 0 Å². The van der Waals surface area contributed by atoms with Gasteiger partial charge in [0.25, 0.3) is 0 Å². The quantitative estimate of drug-likeness (QED) is 0.175. The van der Waals surface area contributed by atoms with Crippen molar-refractivity contribution in [1.82, 2.24) is 21.3 Å². The summed E-state index contributed by atoms with van der Waals surface area (Å²) in [7, 11) is 0. The average molecular weight is 363 g/mol. The van der Waals surface area contributed by atoms with Gasteiger partial charge in [-0.25, -0.2) is 4.79 Å². The van der Waals surface area contributed by atoms with Crippen LogP contribution in [0.15, 0.2) is 0 Å². The number of aliphatic hydroxyl groups excluding tert-OH is 2. The molecule has 0 unspecified atom stereocenters. The van der Waals surface area contributed by atoms with Gasteiger partial charge in [0.1, 0.15) is 12.1 Å². The third kappa shape index (κ3) is 9.85. The molecule has 9 N–H and O–H groups in total. The van der Waals surface area contributed by atoms with Gasteiger partial charge in [-0.2, -0.15) is 0 Å². The molecule has 13 nitrogen and oxygen atoms in total. The van der Waals surface area contributed by atoms with E-state index in [9.17, 15) is 24.0 Å². The lowest BCUT2D eigenvalue weighted by atomic mass is 10.3. The summed E-state index contributed by atoms with van der Waals surface area (Å²) in [5.74, 6) is -4.46. The molecule has 0 spiro atoms. The molecule has 0 rings (SSSR count). The Hall–Kier alpha value is -2.77. The van der Waals surface area contributed by atoms with E-state index in [0.717, 1.165) is 0 Å². The minimum Gasteiger partial charge on any atom is -0.480 e. The Morgan fingerprint density at radius 1 is 0.800 bits per heavy atom. The van der Waals surface area contributed by atoms with Crippen LogP contribution in [0.2, 0.25) is 0 Å². The van der Waals surface area contributed by atoms with Crippen molar-refractivity contribution in [2.75, 3.05) is 32.8 Å². The summed E-state index contributed by atoms with van der Waals surface area (Å²) in [6.45, 7) is -2.90. The molecular formula is C12H21N5O8. The van der Waals surface area contributed by atoms with Crippen molar-refractivity contribution in [3.8, 4) is 0 Å². The standard InChI is InChI=1S/C12H21N5O8/c13-6(4-18)11(23)16-2-9(21)14-1-8(20)15-3-10(22)17-7(5-19)12(24)25/h6-7,18-19H,1-5,13H2,(H,14,21)(H,15,20)(H,16,23)(H,17,22)(H,24,25)/t6-,7-/m0/s1. The molecule has 0 saturated heterocycles. The highest BCUT2D eigenvalue weighted by Gasteiger charge is 2.19. The SMILES string of the molecule is N[C@@H](CO)C(=O)NCC(=O)NCC(=O)NCC(=O)N[C@@H](CO)C(=O)O. The van der Waals surface area contributed by atoms with Gasteiger partial charge in [-0.15, -0.1) is 0 Å². The number of aliphatic carboxylic acids is 1. The summed E-state index contributed by atoms with van der Waals surface area (Å²) in [6.07, 6.45) is 0. The van der Waals surface area contributed by atoms with Crippen LogP contribution in [0.3, 0.4) is 0 Å². The molecule has 0 radical (unpaired) electrons. The molecule has 0 heterocycles. The van der Waals surface area contributed by atoms with Crippen LogP contribution in [0.4, 0.5) is 0 Å². The van der Waals surface area contributed by atoms with Gasteiger partial charge in [0.2, 0.25) is 23.6 Å². The predicted octanol–water partition coefficient (Wildman–Crippen LogP) is -5.78. The number of carboxylic acids is 1. The van der Waals surface area contributed by atoms with E-state index in [1.807, 2.05) is 5.32 Å². The van der Waals surface area contributed by atoms with E-state index in [-0.39, 0.29) is 0 Å². The topological polar surface area (TPSA) is 220 Å². The van der Waals surface area contributed by atoms with Gasteiger partial charge in [-0.3, -0.25) is 19.2 Å². The van der Waals surface area contributed by atoms with E-state index in [1.54, 1.807) is 0 Å². The fraction of sp³-hybridized carbons (Fsp3) is 0.583. The Morgan fingerprint density at radius 2 is 1.28 bits per heavy atom. The van der Waals surface area contributed by atoms with E-state index in [0.29, 0.717) is 0 Å². The van der Waals surface area contributed by atoms with Gasteiger partial charge in [0, 0.05) is 0 Å². The first-order valence-corrected chi connectivity index (χ1v) is 7.01. The molecule has 0 aliphatic rings. The zero-order valence-electron chi connectivity index (χ0n) is 13.2. The Morgan fingerprint density at radius 3 is 1.72 bits per heavy atom. The summed E-state index contributed by atoms with van der Waals surface area (Å²) in [5, 5.41) is 34.4. The van der Waals surface area contributed by atoms with E-state index >= 15 is 0 Å². The molecule has 0 aromatic rings. The first-order chi connectivity index (χ1) is 11.7. The van der Waals surface area contributed by atoms with Crippen LogP contribution in [0.1, 0.15) is 0 Å². The summed E-state index contributed by atoms with van der Waals surface area (Å²) in [4.78, 5) is 55.9. The minimum absolute atomic E-state index is 0.461. The molecule has 0 fully saturated rings. The zero-order chi connectivity index (χ0) is 19.4. The smallest absolute Gasteiger partial charge is 0.328 e. The molecule has 0 bridgehead atoms. The Kier molecular flexibility index (Phi) is 10.4. The second-order valence-electron chi connectivity index (χ2n) is 4.70. The minimum atomic E-state index is -1.49. The molecule has 142 valence electrons. The molecule has 0 saturated carbocycles. The number of hydrogen-bond acceptors (Lipinski definition) is 8. The van der Waals surface area contributed by atoms with E-state index < -0.39 is 74.5 Å². The van der Waals surface area contributed by atoms with Crippen molar-refractivity contribution < 1.29 is 39.3 Å². The molecule has 25 heavy (non-hydrogen) atoms.